The number of rotatable bonds is 7. The van der Waals surface area contributed by atoms with E-state index in [2.05, 4.69) is 15.4 Å². The second-order valence-corrected chi connectivity index (χ2v) is 10.2. The number of pyridine rings is 1. The second-order valence-electron chi connectivity index (χ2n) is 10.2. The van der Waals surface area contributed by atoms with E-state index in [0.29, 0.717) is 5.69 Å². The molecule has 2 amide bonds. The third-order valence-corrected chi connectivity index (χ3v) is 6.42. The summed E-state index contributed by atoms with van der Waals surface area (Å²) in [6.45, 7) is 5.15. The highest BCUT2D eigenvalue weighted by atomic mass is 19.3. The monoisotopic (exact) mass is 461 g/mol. The Bertz CT molecular complexity index is 1050. The van der Waals surface area contributed by atoms with Crippen molar-refractivity contribution < 1.29 is 23.1 Å². The van der Waals surface area contributed by atoms with E-state index in [1.54, 1.807) is 24.4 Å². The van der Waals surface area contributed by atoms with Crippen molar-refractivity contribution >= 4 is 11.8 Å². The van der Waals surface area contributed by atoms with Crippen LogP contribution >= 0.6 is 0 Å². The largest absolute Gasteiger partial charge is 0.474 e. The number of carbonyl (C=O) groups excluding carboxylic acids is 2. The smallest absolute Gasteiger partial charge is 0.269 e. The van der Waals surface area contributed by atoms with E-state index >= 15 is 0 Å². The lowest BCUT2D eigenvalue weighted by Crippen LogP contribution is -2.59. The molecule has 2 aliphatic carbocycles. The van der Waals surface area contributed by atoms with E-state index in [1.165, 1.54) is 0 Å². The van der Waals surface area contributed by atoms with E-state index in [-0.39, 0.29) is 46.0 Å². The molecule has 0 aliphatic heterocycles. The third kappa shape index (κ3) is 4.84. The number of nitrogens with zero attached hydrogens (tertiary/aromatic N) is 3. The quantitative estimate of drug-likeness (QED) is 0.658. The molecule has 10 heteroatoms. The van der Waals surface area contributed by atoms with Crippen molar-refractivity contribution in [1.82, 2.24) is 20.1 Å². The Kier molecular flexibility index (Phi) is 5.88. The van der Waals surface area contributed by atoms with Gasteiger partial charge in [0.25, 0.3) is 18.2 Å². The first-order chi connectivity index (χ1) is 15.5. The summed E-state index contributed by atoms with van der Waals surface area (Å²) in [6.07, 6.45) is 2.07. The molecule has 0 bridgehead atoms. The van der Waals surface area contributed by atoms with E-state index < -0.39 is 18.9 Å². The lowest BCUT2D eigenvalue weighted by atomic mass is 9.53. The van der Waals surface area contributed by atoms with Gasteiger partial charge in [-0.05, 0) is 49.3 Å². The number of primary amides is 1. The Hall–Kier alpha value is -3.04. The van der Waals surface area contributed by atoms with Crippen LogP contribution in [0.5, 0.6) is 5.88 Å². The molecule has 2 aliphatic rings. The van der Waals surface area contributed by atoms with Crippen molar-refractivity contribution in [3.05, 3.63) is 41.3 Å². The van der Waals surface area contributed by atoms with Gasteiger partial charge in [-0.25, -0.2) is 13.8 Å². The van der Waals surface area contributed by atoms with Crippen LogP contribution in [-0.4, -0.2) is 45.2 Å². The number of hydrogen-bond acceptors (Lipinski definition) is 5. The van der Waals surface area contributed by atoms with Crippen LogP contribution in [0.15, 0.2) is 24.4 Å². The molecule has 2 heterocycles. The zero-order valence-corrected chi connectivity index (χ0v) is 19.0. The maximum absolute atomic E-state index is 13.0. The van der Waals surface area contributed by atoms with Crippen LogP contribution in [0.4, 0.5) is 8.78 Å². The molecule has 0 unspecified atom stereocenters. The van der Waals surface area contributed by atoms with Crippen molar-refractivity contribution in [1.29, 1.82) is 0 Å². The summed E-state index contributed by atoms with van der Waals surface area (Å²) in [5, 5.41) is 7.20. The highest BCUT2D eigenvalue weighted by molar-refractivity contribution is 5.95. The highest BCUT2D eigenvalue weighted by Crippen LogP contribution is 2.56. The summed E-state index contributed by atoms with van der Waals surface area (Å²) in [6, 6.07) is 4.79. The zero-order valence-electron chi connectivity index (χ0n) is 19.0. The van der Waals surface area contributed by atoms with Gasteiger partial charge in [0.15, 0.2) is 0 Å². The summed E-state index contributed by atoms with van der Waals surface area (Å²) in [4.78, 5) is 28.4. The van der Waals surface area contributed by atoms with Gasteiger partial charge < -0.3 is 15.8 Å². The molecule has 0 saturated heterocycles. The van der Waals surface area contributed by atoms with Crippen LogP contribution in [0.25, 0.3) is 0 Å². The minimum atomic E-state index is -2.60. The molecule has 2 aromatic heterocycles. The third-order valence-electron chi connectivity index (χ3n) is 6.42. The fraction of sp³-hybridized carbons (Fsp3) is 0.565. The van der Waals surface area contributed by atoms with Gasteiger partial charge in [-0.15, -0.1) is 0 Å². The molecule has 2 fully saturated rings. The van der Waals surface area contributed by atoms with Gasteiger partial charge in [-0.3, -0.25) is 14.3 Å². The summed E-state index contributed by atoms with van der Waals surface area (Å²) in [5.74, 6) is -0.722. The van der Waals surface area contributed by atoms with Gasteiger partial charge in [-0.2, -0.15) is 5.10 Å². The molecule has 2 saturated carbocycles. The van der Waals surface area contributed by atoms with Crippen molar-refractivity contribution in [2.45, 2.75) is 77.0 Å². The molecule has 4 rings (SSSR count). The Morgan fingerprint density at radius 1 is 1.30 bits per heavy atom. The molecule has 1 spiro atoms. The number of carbonyl (C=O) groups is 2. The molecule has 0 radical (unpaired) electrons. The van der Waals surface area contributed by atoms with Crippen LogP contribution < -0.4 is 15.8 Å². The van der Waals surface area contributed by atoms with Gasteiger partial charge in [-0.1, -0.05) is 20.8 Å². The van der Waals surface area contributed by atoms with E-state index in [0.717, 1.165) is 30.4 Å². The lowest BCUT2D eigenvalue weighted by molar-refractivity contribution is -0.0848. The fourth-order valence-electron chi connectivity index (χ4n) is 4.74. The highest BCUT2D eigenvalue weighted by Gasteiger charge is 2.54. The molecular formula is C23H29F2N5O3. The fourth-order valence-corrected chi connectivity index (χ4v) is 4.74. The number of nitrogens with two attached hydrogens (primary N) is 1. The van der Waals surface area contributed by atoms with Crippen LogP contribution in [0.2, 0.25) is 0 Å². The molecule has 33 heavy (non-hydrogen) atoms. The lowest BCUT2D eigenvalue weighted by Gasteiger charge is -2.57. The average Bonchev–Trinajstić information content (AvgIpc) is 3.08. The number of amides is 2. The number of halogens is 2. The van der Waals surface area contributed by atoms with Gasteiger partial charge >= 0.3 is 0 Å². The Morgan fingerprint density at radius 3 is 2.61 bits per heavy atom. The summed E-state index contributed by atoms with van der Waals surface area (Å²) < 4.78 is 33.0. The molecular weight excluding hydrogens is 432 g/mol. The van der Waals surface area contributed by atoms with Crippen LogP contribution in [0.1, 0.15) is 73.0 Å². The standard InChI is InChI=1S/C23H29F2N5O3/c1-22(2,3)17-7-16(30(29-17)12-18(24)25)20(32)28-13-8-23(9-13)10-14(11-23)33-21-15(19(26)31)5-4-6-27-21/h4-7,13-14,18H,8-12H2,1-3H3,(H2,26,31)(H,28,32). The first-order valence-corrected chi connectivity index (χ1v) is 11.0. The minimum Gasteiger partial charge on any atom is -0.474 e. The van der Waals surface area contributed by atoms with Gasteiger partial charge in [0.1, 0.15) is 23.9 Å². The first-order valence-electron chi connectivity index (χ1n) is 11.0. The van der Waals surface area contributed by atoms with E-state index in [9.17, 15) is 18.4 Å². The number of aromatic nitrogens is 3. The predicted octanol–water partition coefficient (Wildman–Crippen LogP) is 3.06. The average molecular weight is 462 g/mol. The van der Waals surface area contributed by atoms with Gasteiger partial charge in [0.2, 0.25) is 5.88 Å². The molecule has 8 nitrogen and oxygen atoms in total. The maximum atomic E-state index is 13.0. The van der Waals surface area contributed by atoms with E-state index in [4.69, 9.17) is 10.5 Å². The number of alkyl halides is 2. The normalized spacial score (nSPS) is 24.3. The summed E-state index contributed by atoms with van der Waals surface area (Å²) in [7, 11) is 0. The Morgan fingerprint density at radius 2 is 2.00 bits per heavy atom. The predicted molar refractivity (Wildman–Crippen MR) is 116 cm³/mol. The van der Waals surface area contributed by atoms with Crippen LogP contribution in [0, 0.1) is 5.41 Å². The van der Waals surface area contributed by atoms with Crippen molar-refractivity contribution in [3.63, 3.8) is 0 Å². The van der Waals surface area contributed by atoms with E-state index in [1.807, 2.05) is 20.8 Å². The molecule has 2 aromatic rings. The molecule has 0 aromatic carbocycles. The maximum Gasteiger partial charge on any atom is 0.269 e. The summed E-state index contributed by atoms with van der Waals surface area (Å²) >= 11 is 0. The number of ether oxygens (including phenoxy) is 1. The van der Waals surface area contributed by atoms with Crippen molar-refractivity contribution in [2.75, 3.05) is 0 Å². The Balaban J connectivity index is 1.32. The van der Waals surface area contributed by atoms with Gasteiger partial charge in [0.05, 0.1) is 5.69 Å². The molecule has 178 valence electrons. The SMILES string of the molecule is CC(C)(C)c1cc(C(=O)NC2CC3(C2)CC(Oc2ncccc2C(N)=O)C3)n(CC(F)F)n1. The topological polar surface area (TPSA) is 112 Å². The van der Waals surface area contributed by atoms with Gasteiger partial charge in [0, 0.05) is 17.7 Å². The second kappa shape index (κ2) is 8.39. The number of hydrogen-bond donors (Lipinski definition) is 2. The first kappa shape index (κ1) is 23.1. The zero-order chi connectivity index (χ0) is 24.0. The number of nitrogens with one attached hydrogen (secondary N) is 1. The van der Waals surface area contributed by atoms with Crippen LogP contribution in [-0.2, 0) is 12.0 Å². The van der Waals surface area contributed by atoms with Crippen LogP contribution in [0.3, 0.4) is 0 Å². The van der Waals surface area contributed by atoms with Crippen molar-refractivity contribution in [3.8, 4) is 5.88 Å². The van der Waals surface area contributed by atoms with Crippen molar-refractivity contribution in [2.24, 2.45) is 11.1 Å². The molecule has 3 N–H and O–H groups in total. The summed E-state index contributed by atoms with van der Waals surface area (Å²) in [5.41, 5.74) is 6.11. The minimum absolute atomic E-state index is 0.0255. The Labute approximate surface area is 190 Å². The molecule has 0 atom stereocenters.